The van der Waals surface area contributed by atoms with Gasteiger partial charge < -0.3 is 19.7 Å². The Balaban J connectivity index is 1.42. The van der Waals surface area contributed by atoms with Crippen molar-refractivity contribution in [2.24, 2.45) is 10.9 Å². The van der Waals surface area contributed by atoms with Crippen LogP contribution in [0.3, 0.4) is 0 Å². The summed E-state index contributed by atoms with van der Waals surface area (Å²) >= 11 is 0. The van der Waals surface area contributed by atoms with Crippen LogP contribution in [-0.2, 0) is 4.74 Å². The molecule has 2 unspecified atom stereocenters. The zero-order valence-corrected chi connectivity index (χ0v) is 17.0. The second-order valence-corrected chi connectivity index (χ2v) is 7.69. The van der Waals surface area contributed by atoms with Crippen molar-refractivity contribution in [2.45, 2.75) is 26.4 Å². The summed E-state index contributed by atoms with van der Waals surface area (Å²) in [5.74, 6) is 2.62. The maximum absolute atomic E-state index is 6.02. The molecule has 2 heterocycles. The van der Waals surface area contributed by atoms with Gasteiger partial charge in [0.15, 0.2) is 5.96 Å². The summed E-state index contributed by atoms with van der Waals surface area (Å²) in [4.78, 5) is 9.40. The Morgan fingerprint density at radius 2 is 2.15 bits per heavy atom. The number of nitrogens with zero attached hydrogens (tertiary/aromatic N) is 3. The summed E-state index contributed by atoms with van der Waals surface area (Å²) in [6, 6.07) is 8.19. The first kappa shape index (κ1) is 20.0. The largest absolute Gasteiger partial charge is 0.489 e. The average molecular weight is 375 g/mol. The lowest BCUT2D eigenvalue weighted by atomic mass is 10.1. The molecule has 0 radical (unpaired) electrons. The van der Waals surface area contributed by atoms with Crippen molar-refractivity contribution in [2.75, 3.05) is 59.5 Å². The summed E-state index contributed by atoms with van der Waals surface area (Å²) in [5.41, 5.74) is 1.21. The topological polar surface area (TPSA) is 49.3 Å². The molecular weight excluding hydrogens is 340 g/mol. The van der Waals surface area contributed by atoms with Gasteiger partial charge in [-0.1, -0.05) is 12.1 Å². The number of guanidine groups is 1. The molecule has 2 aliphatic rings. The third-order valence-electron chi connectivity index (χ3n) is 5.29. The number of benzene rings is 1. The molecule has 0 aliphatic carbocycles. The Morgan fingerprint density at radius 1 is 1.33 bits per heavy atom. The van der Waals surface area contributed by atoms with Gasteiger partial charge in [-0.2, -0.15) is 0 Å². The van der Waals surface area contributed by atoms with Gasteiger partial charge in [-0.25, -0.2) is 0 Å². The smallest absolute Gasteiger partial charge is 0.193 e. The minimum atomic E-state index is 0.0790. The van der Waals surface area contributed by atoms with Crippen molar-refractivity contribution in [3.05, 3.63) is 29.8 Å². The fourth-order valence-corrected chi connectivity index (χ4v) is 3.85. The number of aryl methyl sites for hydroxylation is 1. The standard InChI is InChI=1S/C21H34N4O2/c1-17-5-4-6-20(13-17)27-18(2)14-23-21(22-3)25-8-7-19(16-25)15-24-9-11-26-12-10-24/h4-6,13,18-19H,7-12,14-16H2,1-3H3,(H,22,23). The van der Waals surface area contributed by atoms with Crippen LogP contribution in [0.25, 0.3) is 0 Å². The minimum absolute atomic E-state index is 0.0790. The highest BCUT2D eigenvalue weighted by Crippen LogP contribution is 2.18. The third kappa shape index (κ3) is 6.11. The van der Waals surface area contributed by atoms with Crippen LogP contribution in [0.4, 0.5) is 0 Å². The molecule has 2 fully saturated rings. The van der Waals surface area contributed by atoms with Gasteiger partial charge in [-0.15, -0.1) is 0 Å². The van der Waals surface area contributed by atoms with E-state index in [1.807, 2.05) is 19.2 Å². The fraction of sp³-hybridized carbons (Fsp3) is 0.667. The van der Waals surface area contributed by atoms with Crippen LogP contribution in [0, 0.1) is 12.8 Å². The molecule has 2 saturated heterocycles. The lowest BCUT2D eigenvalue weighted by Gasteiger charge is -2.29. The maximum Gasteiger partial charge on any atom is 0.193 e. The Morgan fingerprint density at radius 3 is 2.89 bits per heavy atom. The molecule has 6 heteroatoms. The van der Waals surface area contributed by atoms with Gasteiger partial charge >= 0.3 is 0 Å². The molecule has 1 aromatic rings. The second-order valence-electron chi connectivity index (χ2n) is 7.69. The Kier molecular flexibility index (Phi) is 7.35. The summed E-state index contributed by atoms with van der Waals surface area (Å²) in [6.45, 7) is 12.1. The van der Waals surface area contributed by atoms with Crippen molar-refractivity contribution in [1.82, 2.24) is 15.1 Å². The molecule has 27 heavy (non-hydrogen) atoms. The Labute approximate surface area is 163 Å². The molecule has 6 nitrogen and oxygen atoms in total. The van der Waals surface area contributed by atoms with E-state index < -0.39 is 0 Å². The molecule has 3 rings (SSSR count). The summed E-state index contributed by atoms with van der Waals surface area (Å²) < 4.78 is 11.5. The minimum Gasteiger partial charge on any atom is -0.489 e. The first-order valence-corrected chi connectivity index (χ1v) is 10.1. The number of hydrogen-bond donors (Lipinski definition) is 1. The predicted octanol–water partition coefficient (Wildman–Crippen LogP) is 1.99. The molecular formula is C21H34N4O2. The van der Waals surface area contributed by atoms with Crippen LogP contribution in [0.1, 0.15) is 18.9 Å². The van der Waals surface area contributed by atoms with E-state index >= 15 is 0 Å². The van der Waals surface area contributed by atoms with E-state index in [9.17, 15) is 0 Å². The van der Waals surface area contributed by atoms with Gasteiger partial charge in [-0.3, -0.25) is 9.89 Å². The van der Waals surface area contributed by atoms with Crippen LogP contribution >= 0.6 is 0 Å². The van der Waals surface area contributed by atoms with Gasteiger partial charge in [0.05, 0.1) is 19.8 Å². The van der Waals surface area contributed by atoms with Gasteiger partial charge in [0.2, 0.25) is 0 Å². The quantitative estimate of drug-likeness (QED) is 0.610. The SMILES string of the molecule is CN=C(NCC(C)Oc1cccc(C)c1)N1CCC(CN2CCOCC2)C1. The van der Waals surface area contributed by atoms with Crippen molar-refractivity contribution in [1.29, 1.82) is 0 Å². The van der Waals surface area contributed by atoms with Crippen molar-refractivity contribution < 1.29 is 9.47 Å². The molecule has 2 aliphatic heterocycles. The molecule has 0 aromatic heterocycles. The van der Waals surface area contributed by atoms with E-state index in [2.05, 4.69) is 46.1 Å². The molecule has 150 valence electrons. The van der Waals surface area contributed by atoms with Gasteiger partial charge in [-0.05, 0) is 43.9 Å². The van der Waals surface area contributed by atoms with Gasteiger partial charge in [0.1, 0.15) is 11.9 Å². The fourth-order valence-electron chi connectivity index (χ4n) is 3.85. The number of aliphatic imine (C=N–C) groups is 1. The van der Waals surface area contributed by atoms with Crippen LogP contribution in [-0.4, -0.2) is 81.4 Å². The summed E-state index contributed by atoms with van der Waals surface area (Å²) in [7, 11) is 1.86. The molecule has 0 amide bonds. The Bertz CT molecular complexity index is 616. The summed E-state index contributed by atoms with van der Waals surface area (Å²) in [6.07, 6.45) is 1.31. The molecule has 1 aromatic carbocycles. The molecule has 0 saturated carbocycles. The first-order valence-electron chi connectivity index (χ1n) is 10.1. The lowest BCUT2D eigenvalue weighted by Crippen LogP contribution is -2.44. The van der Waals surface area contributed by atoms with Crippen molar-refractivity contribution in [3.63, 3.8) is 0 Å². The zero-order chi connectivity index (χ0) is 19.1. The van der Waals surface area contributed by atoms with Crippen molar-refractivity contribution in [3.8, 4) is 5.75 Å². The van der Waals surface area contributed by atoms with Gasteiger partial charge in [0, 0.05) is 39.8 Å². The highest BCUT2D eigenvalue weighted by atomic mass is 16.5. The molecule has 1 N–H and O–H groups in total. The predicted molar refractivity (Wildman–Crippen MR) is 110 cm³/mol. The van der Waals surface area contributed by atoms with Gasteiger partial charge in [0.25, 0.3) is 0 Å². The maximum atomic E-state index is 6.02. The Hall–Kier alpha value is -1.79. The average Bonchev–Trinajstić information content (AvgIpc) is 3.11. The van der Waals surface area contributed by atoms with Crippen LogP contribution in [0.2, 0.25) is 0 Å². The number of hydrogen-bond acceptors (Lipinski definition) is 4. The highest BCUT2D eigenvalue weighted by Gasteiger charge is 2.27. The van der Waals surface area contributed by atoms with Crippen LogP contribution in [0.15, 0.2) is 29.3 Å². The van der Waals surface area contributed by atoms with E-state index in [0.717, 1.165) is 57.6 Å². The number of morpholine rings is 1. The number of rotatable bonds is 6. The first-order chi connectivity index (χ1) is 13.1. The lowest BCUT2D eigenvalue weighted by molar-refractivity contribution is 0.0315. The van der Waals surface area contributed by atoms with E-state index in [4.69, 9.17) is 9.47 Å². The number of nitrogens with one attached hydrogen (secondary N) is 1. The van der Waals surface area contributed by atoms with E-state index in [1.165, 1.54) is 18.5 Å². The zero-order valence-electron chi connectivity index (χ0n) is 17.0. The van der Waals surface area contributed by atoms with E-state index in [0.29, 0.717) is 5.92 Å². The monoisotopic (exact) mass is 374 g/mol. The summed E-state index contributed by atoms with van der Waals surface area (Å²) in [5, 5.41) is 3.49. The molecule has 0 bridgehead atoms. The van der Waals surface area contributed by atoms with Crippen molar-refractivity contribution >= 4 is 5.96 Å². The van der Waals surface area contributed by atoms with E-state index in [-0.39, 0.29) is 6.10 Å². The normalized spacial score (nSPS) is 22.7. The van der Waals surface area contributed by atoms with E-state index in [1.54, 1.807) is 0 Å². The second kappa shape index (κ2) is 9.95. The molecule has 2 atom stereocenters. The third-order valence-corrected chi connectivity index (χ3v) is 5.29. The van der Waals surface area contributed by atoms with Crippen LogP contribution in [0.5, 0.6) is 5.75 Å². The highest BCUT2D eigenvalue weighted by molar-refractivity contribution is 5.80. The molecule has 0 spiro atoms. The number of ether oxygens (including phenoxy) is 2. The van der Waals surface area contributed by atoms with Crippen LogP contribution < -0.4 is 10.1 Å². The number of likely N-dealkylation sites (tertiary alicyclic amines) is 1.